The molecule has 1 rings (SSSR count). The first-order chi connectivity index (χ1) is 8.04. The second-order valence-electron chi connectivity index (χ2n) is 3.89. The molecule has 0 aliphatic heterocycles. The highest BCUT2D eigenvalue weighted by molar-refractivity contribution is 6.36. The van der Waals surface area contributed by atoms with Crippen molar-refractivity contribution in [3.05, 3.63) is 33.8 Å². The molecule has 0 heterocycles. The van der Waals surface area contributed by atoms with Crippen LogP contribution in [-0.4, -0.2) is 44.4 Å². The molecule has 0 aliphatic carbocycles. The minimum Gasteiger partial charge on any atom is -0.318 e. The maximum Gasteiger partial charge on any atom is 0.178 e. The molecule has 5 heteroatoms. The molecule has 0 spiro atoms. The molecule has 1 aromatic carbocycles. The molecular weight excluding hydrogens is 259 g/mol. The number of carbonyl (C=O) groups excluding carboxylic acids is 1. The molecule has 94 valence electrons. The molecule has 0 aromatic heterocycles. The molecule has 0 saturated heterocycles. The van der Waals surface area contributed by atoms with Gasteiger partial charge in [0.1, 0.15) is 0 Å². The first-order valence-corrected chi connectivity index (χ1v) is 6.11. The van der Waals surface area contributed by atoms with Crippen LogP contribution in [0.15, 0.2) is 18.2 Å². The second-order valence-corrected chi connectivity index (χ2v) is 4.73. The summed E-state index contributed by atoms with van der Waals surface area (Å²) >= 11 is 11.8. The van der Waals surface area contributed by atoms with Crippen LogP contribution in [0.4, 0.5) is 0 Å². The number of nitrogens with zero attached hydrogens (tertiary/aromatic N) is 1. The van der Waals surface area contributed by atoms with E-state index in [4.69, 9.17) is 23.2 Å². The number of hydrogen-bond acceptors (Lipinski definition) is 3. The van der Waals surface area contributed by atoms with Crippen LogP contribution in [0.1, 0.15) is 10.4 Å². The van der Waals surface area contributed by atoms with Gasteiger partial charge in [-0.2, -0.15) is 0 Å². The van der Waals surface area contributed by atoms with E-state index in [1.807, 2.05) is 19.0 Å². The van der Waals surface area contributed by atoms with Crippen LogP contribution < -0.4 is 5.32 Å². The Morgan fingerprint density at radius 3 is 2.71 bits per heavy atom. The highest BCUT2D eigenvalue weighted by atomic mass is 35.5. The van der Waals surface area contributed by atoms with Gasteiger partial charge in [-0.15, -0.1) is 0 Å². The minimum atomic E-state index is 0.00488. The van der Waals surface area contributed by atoms with Gasteiger partial charge in [-0.1, -0.05) is 23.2 Å². The van der Waals surface area contributed by atoms with Crippen LogP contribution in [0.2, 0.25) is 10.0 Å². The third-order valence-electron chi connectivity index (χ3n) is 2.39. The average Bonchev–Trinajstić information content (AvgIpc) is 2.26. The first-order valence-electron chi connectivity index (χ1n) is 5.36. The quantitative estimate of drug-likeness (QED) is 0.809. The summed E-state index contributed by atoms with van der Waals surface area (Å²) < 4.78 is 0. The van der Waals surface area contributed by atoms with E-state index >= 15 is 0 Å². The largest absolute Gasteiger partial charge is 0.318 e. The van der Waals surface area contributed by atoms with E-state index in [9.17, 15) is 4.79 Å². The third kappa shape index (κ3) is 4.64. The van der Waals surface area contributed by atoms with Crippen LogP contribution in [-0.2, 0) is 0 Å². The zero-order chi connectivity index (χ0) is 12.8. The number of ketones is 1. The lowest BCUT2D eigenvalue weighted by Crippen LogP contribution is -2.31. The zero-order valence-corrected chi connectivity index (χ0v) is 11.5. The van der Waals surface area contributed by atoms with E-state index in [0.717, 1.165) is 13.1 Å². The molecular formula is C12H16Cl2N2O. The highest BCUT2D eigenvalue weighted by Crippen LogP contribution is 2.21. The van der Waals surface area contributed by atoms with Crippen LogP contribution in [0.3, 0.4) is 0 Å². The molecule has 3 nitrogen and oxygen atoms in total. The summed E-state index contributed by atoms with van der Waals surface area (Å²) in [5.41, 5.74) is 0.521. The summed E-state index contributed by atoms with van der Waals surface area (Å²) in [6, 6.07) is 4.93. The van der Waals surface area contributed by atoms with Crippen molar-refractivity contribution in [2.45, 2.75) is 0 Å². The normalized spacial score (nSPS) is 10.9. The molecule has 0 atom stereocenters. The maximum atomic E-state index is 12.0. The van der Waals surface area contributed by atoms with Gasteiger partial charge in [0.2, 0.25) is 0 Å². The second kappa shape index (κ2) is 6.97. The smallest absolute Gasteiger partial charge is 0.178 e. The lowest BCUT2D eigenvalue weighted by Gasteiger charge is -2.15. The standard InChI is InChI=1S/C12H16Cl2N2O/c1-15-5-6-16(2)8-12(17)10-4-3-9(13)7-11(10)14/h3-4,7,15H,5-6,8H2,1-2H3. The van der Waals surface area contributed by atoms with Gasteiger partial charge in [-0.05, 0) is 32.3 Å². The van der Waals surface area contributed by atoms with E-state index in [2.05, 4.69) is 5.32 Å². The van der Waals surface area contributed by atoms with E-state index in [1.54, 1.807) is 18.2 Å². The van der Waals surface area contributed by atoms with Gasteiger partial charge >= 0.3 is 0 Å². The Morgan fingerprint density at radius 1 is 1.41 bits per heavy atom. The van der Waals surface area contributed by atoms with Crippen molar-refractivity contribution >= 4 is 29.0 Å². The van der Waals surface area contributed by atoms with Crippen molar-refractivity contribution in [3.8, 4) is 0 Å². The topological polar surface area (TPSA) is 32.3 Å². The van der Waals surface area contributed by atoms with Gasteiger partial charge in [0.05, 0.1) is 11.6 Å². The lowest BCUT2D eigenvalue weighted by atomic mass is 10.1. The molecule has 0 fully saturated rings. The van der Waals surface area contributed by atoms with Gasteiger partial charge in [-0.25, -0.2) is 0 Å². The zero-order valence-electron chi connectivity index (χ0n) is 9.96. The predicted octanol–water partition coefficient (Wildman–Crippen LogP) is 2.33. The number of carbonyl (C=O) groups is 1. The fourth-order valence-corrected chi connectivity index (χ4v) is 1.94. The summed E-state index contributed by atoms with van der Waals surface area (Å²) in [6.07, 6.45) is 0. The van der Waals surface area contributed by atoms with Crippen molar-refractivity contribution in [3.63, 3.8) is 0 Å². The Morgan fingerprint density at radius 2 is 2.12 bits per heavy atom. The molecule has 1 N–H and O–H groups in total. The van der Waals surface area contributed by atoms with Crippen molar-refractivity contribution in [1.82, 2.24) is 10.2 Å². The third-order valence-corrected chi connectivity index (χ3v) is 2.94. The molecule has 0 unspecified atom stereocenters. The van der Waals surface area contributed by atoms with Gasteiger partial charge in [0.15, 0.2) is 5.78 Å². The lowest BCUT2D eigenvalue weighted by molar-refractivity contribution is 0.0947. The summed E-state index contributed by atoms with van der Waals surface area (Å²) in [5.74, 6) is 0.00488. The summed E-state index contributed by atoms with van der Waals surface area (Å²) in [5, 5.41) is 3.98. The number of rotatable bonds is 6. The number of benzene rings is 1. The summed E-state index contributed by atoms with van der Waals surface area (Å²) in [7, 11) is 3.78. The number of Topliss-reactive ketones (excluding diaryl/α,β-unsaturated/α-hetero) is 1. The van der Waals surface area contributed by atoms with Crippen molar-refractivity contribution < 1.29 is 4.79 Å². The Hall–Kier alpha value is -0.610. The molecule has 0 radical (unpaired) electrons. The maximum absolute atomic E-state index is 12.0. The predicted molar refractivity (Wildman–Crippen MR) is 72.2 cm³/mol. The molecule has 0 aliphatic rings. The number of likely N-dealkylation sites (N-methyl/N-ethyl adjacent to an activating group) is 2. The molecule has 17 heavy (non-hydrogen) atoms. The summed E-state index contributed by atoms with van der Waals surface area (Å²) in [4.78, 5) is 13.9. The van der Waals surface area contributed by atoms with Gasteiger partial charge in [0, 0.05) is 23.7 Å². The van der Waals surface area contributed by atoms with E-state index < -0.39 is 0 Å². The minimum absolute atomic E-state index is 0.00488. The van der Waals surface area contributed by atoms with Crippen molar-refractivity contribution in [2.75, 3.05) is 33.7 Å². The first kappa shape index (κ1) is 14.5. The Balaban J connectivity index is 2.63. The van der Waals surface area contributed by atoms with E-state index in [1.165, 1.54) is 0 Å². The van der Waals surface area contributed by atoms with Crippen LogP contribution in [0.25, 0.3) is 0 Å². The van der Waals surface area contributed by atoms with E-state index in [0.29, 0.717) is 22.2 Å². The number of hydrogen-bond donors (Lipinski definition) is 1. The molecule has 0 bridgehead atoms. The van der Waals surface area contributed by atoms with E-state index in [-0.39, 0.29) is 5.78 Å². The average molecular weight is 275 g/mol. The van der Waals surface area contributed by atoms with Gasteiger partial charge in [-0.3, -0.25) is 9.69 Å². The number of halogens is 2. The fraction of sp³-hybridized carbons (Fsp3) is 0.417. The highest BCUT2D eigenvalue weighted by Gasteiger charge is 2.12. The Bertz CT molecular complexity index is 396. The van der Waals surface area contributed by atoms with Crippen LogP contribution in [0, 0.1) is 0 Å². The molecule has 0 saturated carbocycles. The summed E-state index contributed by atoms with van der Waals surface area (Å²) in [6.45, 7) is 2.01. The van der Waals surface area contributed by atoms with Crippen LogP contribution in [0.5, 0.6) is 0 Å². The van der Waals surface area contributed by atoms with Gasteiger partial charge in [0.25, 0.3) is 0 Å². The molecule has 1 aromatic rings. The molecule has 0 amide bonds. The monoisotopic (exact) mass is 274 g/mol. The van der Waals surface area contributed by atoms with Crippen molar-refractivity contribution in [2.24, 2.45) is 0 Å². The Labute approximate surface area is 112 Å². The number of nitrogens with one attached hydrogen (secondary N) is 1. The Kier molecular flexibility index (Phi) is 5.92. The fourth-order valence-electron chi connectivity index (χ4n) is 1.43. The van der Waals surface area contributed by atoms with Gasteiger partial charge < -0.3 is 5.32 Å². The SMILES string of the molecule is CNCCN(C)CC(=O)c1ccc(Cl)cc1Cl. The van der Waals surface area contributed by atoms with Crippen LogP contribution >= 0.6 is 23.2 Å². The van der Waals surface area contributed by atoms with Crippen molar-refractivity contribution in [1.29, 1.82) is 0 Å².